The molecule has 0 saturated heterocycles. The van der Waals surface area contributed by atoms with Crippen LogP contribution >= 0.6 is 15.9 Å². The van der Waals surface area contributed by atoms with E-state index in [-0.39, 0.29) is 11.4 Å². The molecule has 1 amide bonds. The van der Waals surface area contributed by atoms with Crippen LogP contribution < -0.4 is 11.1 Å². The van der Waals surface area contributed by atoms with Gasteiger partial charge in [0.15, 0.2) is 0 Å². The zero-order valence-corrected chi connectivity index (χ0v) is 11.0. The lowest BCUT2D eigenvalue weighted by atomic mass is 10.2. The van der Waals surface area contributed by atoms with Crippen molar-refractivity contribution in [2.45, 2.75) is 0 Å². The minimum Gasteiger partial charge on any atom is -0.383 e. The normalized spacial score (nSPS) is 10.3. The summed E-state index contributed by atoms with van der Waals surface area (Å²) < 4.78 is 27.3. The number of carbonyl (C=O) groups is 1. The maximum Gasteiger partial charge on any atom is 0.259 e. The van der Waals surface area contributed by atoms with Crippen molar-refractivity contribution in [3.8, 4) is 0 Å². The van der Waals surface area contributed by atoms with E-state index in [1.54, 1.807) is 0 Å². The molecule has 0 fully saturated rings. The van der Waals surface area contributed by atoms with Crippen molar-refractivity contribution >= 4 is 33.3 Å². The van der Waals surface area contributed by atoms with Crippen LogP contribution in [0.25, 0.3) is 0 Å². The molecule has 0 aliphatic rings. The first-order valence-corrected chi connectivity index (χ1v) is 5.94. The molecule has 98 valence electrons. The highest BCUT2D eigenvalue weighted by Gasteiger charge is 2.16. The lowest BCUT2D eigenvalue weighted by molar-refractivity contribution is 0.102. The fraction of sp³-hybridized carbons (Fsp3) is 0. The number of halogens is 3. The highest BCUT2D eigenvalue weighted by Crippen LogP contribution is 2.21. The Labute approximate surface area is 115 Å². The van der Waals surface area contributed by atoms with E-state index in [4.69, 9.17) is 5.73 Å². The first-order chi connectivity index (χ1) is 8.99. The molecule has 7 heteroatoms. The number of nitrogen functional groups attached to an aromatic ring is 1. The number of nitrogens with two attached hydrogens (primary N) is 1. The highest BCUT2D eigenvalue weighted by molar-refractivity contribution is 9.10. The quantitative estimate of drug-likeness (QED) is 0.891. The number of pyridine rings is 1. The molecule has 0 atom stereocenters. The molecular formula is C12H8BrF2N3O. The van der Waals surface area contributed by atoms with Gasteiger partial charge in [-0.3, -0.25) is 4.79 Å². The van der Waals surface area contributed by atoms with Crippen molar-refractivity contribution in [3.05, 3.63) is 52.1 Å². The molecule has 19 heavy (non-hydrogen) atoms. The molecule has 0 bridgehead atoms. The number of hydrogen-bond acceptors (Lipinski definition) is 3. The summed E-state index contributed by atoms with van der Waals surface area (Å²) in [5.74, 6) is -2.50. The van der Waals surface area contributed by atoms with Crippen LogP contribution in [0.15, 0.2) is 34.9 Å². The molecule has 3 N–H and O–H groups in total. The molecule has 2 rings (SSSR count). The zero-order valence-electron chi connectivity index (χ0n) is 9.45. The summed E-state index contributed by atoms with van der Waals surface area (Å²) in [5, 5.41) is 2.13. The SMILES string of the molecule is Nc1ncc(Br)cc1C(=O)Nc1c(F)cccc1F. The fourth-order valence-electron chi connectivity index (χ4n) is 1.43. The molecule has 1 aromatic carbocycles. The molecule has 0 aliphatic carbocycles. The van der Waals surface area contributed by atoms with Gasteiger partial charge in [-0.05, 0) is 34.1 Å². The Morgan fingerprint density at radius 3 is 2.58 bits per heavy atom. The Bertz CT molecular complexity index is 629. The molecule has 0 radical (unpaired) electrons. The number of rotatable bonds is 2. The number of para-hydroxylation sites is 1. The molecular weight excluding hydrogens is 320 g/mol. The summed E-state index contributed by atoms with van der Waals surface area (Å²) in [6.07, 6.45) is 1.41. The number of aromatic nitrogens is 1. The van der Waals surface area contributed by atoms with Gasteiger partial charge in [-0.25, -0.2) is 13.8 Å². The number of benzene rings is 1. The Kier molecular flexibility index (Phi) is 3.75. The summed E-state index contributed by atoms with van der Waals surface area (Å²) in [6.45, 7) is 0. The van der Waals surface area contributed by atoms with Gasteiger partial charge in [-0.2, -0.15) is 0 Å². The third kappa shape index (κ3) is 2.87. The van der Waals surface area contributed by atoms with Gasteiger partial charge in [0.2, 0.25) is 0 Å². The van der Waals surface area contributed by atoms with Crippen molar-refractivity contribution in [3.63, 3.8) is 0 Å². The van der Waals surface area contributed by atoms with Crippen LogP contribution in [-0.4, -0.2) is 10.9 Å². The van der Waals surface area contributed by atoms with Crippen LogP contribution in [0.5, 0.6) is 0 Å². The Morgan fingerprint density at radius 2 is 1.95 bits per heavy atom. The first-order valence-electron chi connectivity index (χ1n) is 5.15. The second-order valence-electron chi connectivity index (χ2n) is 3.64. The molecule has 0 unspecified atom stereocenters. The number of nitrogens with one attached hydrogen (secondary N) is 1. The largest absolute Gasteiger partial charge is 0.383 e. The van der Waals surface area contributed by atoms with Crippen LogP contribution in [0.3, 0.4) is 0 Å². The van der Waals surface area contributed by atoms with Crippen LogP contribution in [0.4, 0.5) is 20.3 Å². The van der Waals surface area contributed by atoms with Crippen LogP contribution in [-0.2, 0) is 0 Å². The van der Waals surface area contributed by atoms with Gasteiger partial charge >= 0.3 is 0 Å². The van der Waals surface area contributed by atoms with Crippen LogP contribution in [0, 0.1) is 11.6 Å². The van der Waals surface area contributed by atoms with Gasteiger partial charge in [0.25, 0.3) is 5.91 Å². The molecule has 4 nitrogen and oxygen atoms in total. The third-order valence-electron chi connectivity index (χ3n) is 2.33. The van der Waals surface area contributed by atoms with E-state index in [0.29, 0.717) is 4.47 Å². The van der Waals surface area contributed by atoms with Crippen molar-refractivity contribution in [1.29, 1.82) is 0 Å². The van der Waals surface area contributed by atoms with Gasteiger partial charge in [-0.1, -0.05) is 6.07 Å². The van der Waals surface area contributed by atoms with Gasteiger partial charge in [0.05, 0.1) is 5.56 Å². The molecule has 2 aromatic rings. The highest BCUT2D eigenvalue weighted by atomic mass is 79.9. The monoisotopic (exact) mass is 327 g/mol. The Morgan fingerprint density at radius 1 is 1.32 bits per heavy atom. The second-order valence-corrected chi connectivity index (χ2v) is 4.55. The molecule has 0 saturated carbocycles. The average molecular weight is 328 g/mol. The third-order valence-corrected chi connectivity index (χ3v) is 2.76. The summed E-state index contributed by atoms with van der Waals surface area (Å²) in [4.78, 5) is 15.7. The number of amides is 1. The summed E-state index contributed by atoms with van der Waals surface area (Å²) in [6, 6.07) is 4.70. The van der Waals surface area contributed by atoms with Gasteiger partial charge in [-0.15, -0.1) is 0 Å². The number of hydrogen-bond donors (Lipinski definition) is 2. The standard InChI is InChI=1S/C12H8BrF2N3O/c13-6-4-7(11(16)17-5-6)12(19)18-10-8(14)2-1-3-9(10)15/h1-5H,(H2,16,17)(H,18,19). The van der Waals surface area contributed by atoms with E-state index in [9.17, 15) is 13.6 Å². The average Bonchev–Trinajstić information content (AvgIpc) is 2.37. The number of nitrogens with zero attached hydrogens (tertiary/aromatic N) is 1. The van der Waals surface area contributed by atoms with E-state index < -0.39 is 23.2 Å². The summed E-state index contributed by atoms with van der Waals surface area (Å²) in [5.41, 5.74) is 5.04. The van der Waals surface area contributed by atoms with Crippen LogP contribution in [0.2, 0.25) is 0 Å². The lowest BCUT2D eigenvalue weighted by Crippen LogP contribution is -2.16. The number of anilines is 2. The predicted octanol–water partition coefficient (Wildman–Crippen LogP) is 2.96. The maximum atomic E-state index is 13.4. The van der Waals surface area contributed by atoms with Crippen molar-refractivity contribution in [1.82, 2.24) is 4.98 Å². The minimum atomic E-state index is -0.866. The fourth-order valence-corrected chi connectivity index (χ4v) is 1.76. The molecule has 1 heterocycles. The number of carbonyl (C=O) groups excluding carboxylic acids is 1. The van der Waals surface area contributed by atoms with E-state index in [0.717, 1.165) is 12.1 Å². The molecule has 1 aromatic heterocycles. The zero-order chi connectivity index (χ0) is 14.0. The summed E-state index contributed by atoms with van der Waals surface area (Å²) >= 11 is 3.13. The van der Waals surface area contributed by atoms with Crippen molar-refractivity contribution in [2.24, 2.45) is 0 Å². The smallest absolute Gasteiger partial charge is 0.259 e. The van der Waals surface area contributed by atoms with E-state index in [2.05, 4.69) is 26.2 Å². The predicted molar refractivity (Wildman–Crippen MR) is 70.7 cm³/mol. The van der Waals surface area contributed by atoms with Gasteiger partial charge in [0, 0.05) is 10.7 Å². The summed E-state index contributed by atoms with van der Waals surface area (Å²) in [7, 11) is 0. The van der Waals surface area contributed by atoms with Crippen LogP contribution in [0.1, 0.15) is 10.4 Å². The van der Waals surface area contributed by atoms with Gasteiger partial charge < -0.3 is 11.1 Å². The topological polar surface area (TPSA) is 68.0 Å². The van der Waals surface area contributed by atoms with E-state index >= 15 is 0 Å². The lowest BCUT2D eigenvalue weighted by Gasteiger charge is -2.09. The van der Waals surface area contributed by atoms with Crippen molar-refractivity contribution < 1.29 is 13.6 Å². The molecule has 0 spiro atoms. The first kappa shape index (κ1) is 13.4. The van der Waals surface area contributed by atoms with Gasteiger partial charge in [0.1, 0.15) is 23.1 Å². The second kappa shape index (κ2) is 5.31. The molecule has 0 aliphatic heterocycles. The Hall–Kier alpha value is -2.02. The maximum absolute atomic E-state index is 13.4. The van der Waals surface area contributed by atoms with E-state index in [1.165, 1.54) is 18.3 Å². The Balaban J connectivity index is 2.34. The minimum absolute atomic E-state index is 0.0250. The van der Waals surface area contributed by atoms with Crippen molar-refractivity contribution in [2.75, 3.05) is 11.1 Å². The van der Waals surface area contributed by atoms with E-state index in [1.807, 2.05) is 0 Å².